The SMILES string of the molecule is CCO/N=C(/CC)c1c(O)c(Br)c(CC)oc1=O. The zero-order chi connectivity index (χ0) is 13.7. The molecule has 100 valence electrons. The van der Waals surface area contributed by atoms with E-state index in [1.807, 2.05) is 13.8 Å². The van der Waals surface area contributed by atoms with Crippen LogP contribution < -0.4 is 5.63 Å². The molecule has 0 saturated carbocycles. The third-order valence-corrected chi connectivity index (χ3v) is 3.18. The van der Waals surface area contributed by atoms with Crippen LogP contribution in [0, 0.1) is 0 Å². The number of aromatic hydroxyl groups is 1. The van der Waals surface area contributed by atoms with Crippen LogP contribution in [-0.2, 0) is 11.3 Å². The van der Waals surface area contributed by atoms with Crippen LogP contribution in [-0.4, -0.2) is 17.4 Å². The minimum Gasteiger partial charge on any atom is -0.506 e. The van der Waals surface area contributed by atoms with E-state index in [0.29, 0.717) is 35.4 Å². The number of hydrogen-bond acceptors (Lipinski definition) is 5. The molecule has 0 aliphatic rings. The average molecular weight is 318 g/mol. The maximum atomic E-state index is 11.9. The zero-order valence-electron chi connectivity index (χ0n) is 10.6. The minimum absolute atomic E-state index is 0.0509. The summed E-state index contributed by atoms with van der Waals surface area (Å²) >= 11 is 3.21. The lowest BCUT2D eigenvalue weighted by atomic mass is 10.1. The highest BCUT2D eigenvalue weighted by Crippen LogP contribution is 2.30. The second-order valence-corrected chi connectivity index (χ2v) is 4.31. The Bertz CT molecular complexity index is 508. The highest BCUT2D eigenvalue weighted by Gasteiger charge is 2.20. The van der Waals surface area contributed by atoms with E-state index >= 15 is 0 Å². The number of oxime groups is 1. The molecule has 0 saturated heterocycles. The van der Waals surface area contributed by atoms with E-state index in [1.54, 1.807) is 6.92 Å². The van der Waals surface area contributed by atoms with Crippen LogP contribution in [0.15, 0.2) is 18.8 Å². The molecule has 0 amide bonds. The Kier molecular flexibility index (Phi) is 5.40. The Morgan fingerprint density at radius 3 is 2.61 bits per heavy atom. The highest BCUT2D eigenvalue weighted by molar-refractivity contribution is 9.10. The molecule has 0 aliphatic carbocycles. The topological polar surface area (TPSA) is 72.0 Å². The van der Waals surface area contributed by atoms with E-state index in [4.69, 9.17) is 9.25 Å². The van der Waals surface area contributed by atoms with E-state index in [9.17, 15) is 9.90 Å². The number of halogens is 1. The first-order valence-corrected chi connectivity index (χ1v) is 6.59. The van der Waals surface area contributed by atoms with Crippen molar-refractivity contribution in [2.24, 2.45) is 5.16 Å². The number of hydrogen-bond donors (Lipinski definition) is 1. The summed E-state index contributed by atoms with van der Waals surface area (Å²) in [5, 5.41) is 13.9. The maximum absolute atomic E-state index is 11.9. The normalized spacial score (nSPS) is 11.7. The van der Waals surface area contributed by atoms with Gasteiger partial charge in [0, 0.05) is 6.42 Å². The summed E-state index contributed by atoms with van der Waals surface area (Å²) in [6, 6.07) is 0. The molecule has 0 aliphatic heterocycles. The first-order valence-electron chi connectivity index (χ1n) is 5.80. The van der Waals surface area contributed by atoms with Gasteiger partial charge in [-0.05, 0) is 29.3 Å². The van der Waals surface area contributed by atoms with Crippen molar-refractivity contribution in [1.82, 2.24) is 0 Å². The van der Waals surface area contributed by atoms with Gasteiger partial charge in [-0.1, -0.05) is 19.0 Å². The predicted molar refractivity (Wildman–Crippen MR) is 72.2 cm³/mol. The van der Waals surface area contributed by atoms with E-state index in [0.717, 1.165) is 0 Å². The van der Waals surface area contributed by atoms with Gasteiger partial charge in [-0.3, -0.25) is 0 Å². The molecule has 0 atom stereocenters. The van der Waals surface area contributed by atoms with Crippen molar-refractivity contribution in [3.8, 4) is 5.75 Å². The fourth-order valence-corrected chi connectivity index (χ4v) is 2.02. The number of aryl methyl sites for hydroxylation is 1. The molecule has 5 nitrogen and oxygen atoms in total. The van der Waals surface area contributed by atoms with Gasteiger partial charge < -0.3 is 14.4 Å². The van der Waals surface area contributed by atoms with Crippen LogP contribution in [0.4, 0.5) is 0 Å². The first kappa shape index (κ1) is 14.8. The molecule has 0 unspecified atom stereocenters. The zero-order valence-corrected chi connectivity index (χ0v) is 12.2. The molecule has 0 aromatic carbocycles. The van der Waals surface area contributed by atoms with Crippen molar-refractivity contribution in [2.45, 2.75) is 33.6 Å². The maximum Gasteiger partial charge on any atom is 0.349 e. The Balaban J connectivity index is 3.41. The molecule has 0 radical (unpaired) electrons. The second kappa shape index (κ2) is 6.58. The van der Waals surface area contributed by atoms with Gasteiger partial charge in [0.15, 0.2) is 0 Å². The lowest BCUT2D eigenvalue weighted by Crippen LogP contribution is -2.16. The average Bonchev–Trinajstić information content (AvgIpc) is 2.37. The monoisotopic (exact) mass is 317 g/mol. The van der Waals surface area contributed by atoms with Crippen molar-refractivity contribution in [2.75, 3.05) is 6.61 Å². The van der Waals surface area contributed by atoms with Crippen LogP contribution >= 0.6 is 15.9 Å². The minimum atomic E-state index is -0.604. The van der Waals surface area contributed by atoms with Crippen LogP contribution in [0.5, 0.6) is 5.75 Å². The molecule has 18 heavy (non-hydrogen) atoms. The van der Waals surface area contributed by atoms with Crippen LogP contribution in [0.25, 0.3) is 0 Å². The fourth-order valence-electron chi connectivity index (χ4n) is 1.46. The van der Waals surface area contributed by atoms with Crippen LogP contribution in [0.1, 0.15) is 38.5 Å². The Labute approximate surface area is 114 Å². The lowest BCUT2D eigenvalue weighted by molar-refractivity contribution is 0.158. The molecular formula is C12H16BrNO4. The summed E-state index contributed by atoms with van der Waals surface area (Å²) in [4.78, 5) is 16.8. The second-order valence-electron chi connectivity index (χ2n) is 3.51. The van der Waals surface area contributed by atoms with Gasteiger partial charge in [-0.2, -0.15) is 0 Å². The van der Waals surface area contributed by atoms with Crippen molar-refractivity contribution >= 4 is 21.6 Å². The van der Waals surface area contributed by atoms with Gasteiger partial charge in [-0.15, -0.1) is 0 Å². The van der Waals surface area contributed by atoms with E-state index in [-0.39, 0.29) is 11.3 Å². The molecule has 1 heterocycles. The summed E-state index contributed by atoms with van der Waals surface area (Å²) in [5.41, 5.74) is -0.186. The lowest BCUT2D eigenvalue weighted by Gasteiger charge is -2.08. The van der Waals surface area contributed by atoms with Gasteiger partial charge in [0.05, 0.1) is 10.2 Å². The fraction of sp³-hybridized carbons (Fsp3) is 0.500. The van der Waals surface area contributed by atoms with Crippen molar-refractivity contribution < 1.29 is 14.4 Å². The summed E-state index contributed by atoms with van der Waals surface area (Å²) in [6.45, 7) is 5.83. The molecule has 1 rings (SSSR count). The number of nitrogens with zero attached hydrogens (tertiary/aromatic N) is 1. The Morgan fingerprint density at radius 2 is 2.11 bits per heavy atom. The van der Waals surface area contributed by atoms with Crippen molar-refractivity contribution in [1.29, 1.82) is 0 Å². The van der Waals surface area contributed by atoms with Gasteiger partial charge >= 0.3 is 5.63 Å². The van der Waals surface area contributed by atoms with Gasteiger partial charge in [0.2, 0.25) is 0 Å². The van der Waals surface area contributed by atoms with Crippen LogP contribution in [0.3, 0.4) is 0 Å². The van der Waals surface area contributed by atoms with Gasteiger partial charge in [0.1, 0.15) is 23.7 Å². The molecule has 1 aromatic heterocycles. The standard InChI is InChI=1S/C12H16BrNO4/c1-4-7(14-17-6-3)9-11(15)10(13)8(5-2)18-12(9)16/h15H,4-6H2,1-3H3/b14-7-. The molecule has 1 N–H and O–H groups in total. The van der Waals surface area contributed by atoms with E-state index < -0.39 is 5.63 Å². The van der Waals surface area contributed by atoms with Crippen molar-refractivity contribution in [3.05, 3.63) is 26.2 Å². The third kappa shape index (κ3) is 2.93. The molecular weight excluding hydrogens is 302 g/mol. The third-order valence-electron chi connectivity index (χ3n) is 2.36. The summed E-state index contributed by atoms with van der Waals surface area (Å²) < 4.78 is 5.52. The summed E-state index contributed by atoms with van der Waals surface area (Å²) in [5.74, 6) is 0.261. The van der Waals surface area contributed by atoms with Crippen LogP contribution in [0.2, 0.25) is 0 Å². The summed E-state index contributed by atoms with van der Waals surface area (Å²) in [6.07, 6.45) is 0.962. The van der Waals surface area contributed by atoms with E-state index in [2.05, 4.69) is 21.1 Å². The quantitative estimate of drug-likeness (QED) is 0.669. The Morgan fingerprint density at radius 1 is 1.44 bits per heavy atom. The summed E-state index contributed by atoms with van der Waals surface area (Å²) in [7, 11) is 0. The highest BCUT2D eigenvalue weighted by atomic mass is 79.9. The molecule has 1 aromatic rings. The molecule has 0 fully saturated rings. The smallest absolute Gasteiger partial charge is 0.349 e. The number of rotatable bonds is 5. The molecule has 0 bridgehead atoms. The first-order chi connectivity index (χ1) is 8.56. The molecule has 6 heteroatoms. The largest absolute Gasteiger partial charge is 0.506 e. The van der Waals surface area contributed by atoms with Gasteiger partial charge in [0.25, 0.3) is 0 Å². The van der Waals surface area contributed by atoms with E-state index in [1.165, 1.54) is 0 Å². The predicted octanol–water partition coefficient (Wildman–Crippen LogP) is 2.82. The molecule has 0 spiro atoms. The van der Waals surface area contributed by atoms with Crippen molar-refractivity contribution in [3.63, 3.8) is 0 Å². The Hall–Kier alpha value is -1.30. The van der Waals surface area contributed by atoms with Gasteiger partial charge in [-0.25, -0.2) is 4.79 Å².